The second-order valence-corrected chi connectivity index (χ2v) is 3.60. The molecule has 1 aromatic carbocycles. The SMILES string of the molecule is COc1ccc(-c2cnccc2OC)cc1C#N. The molecule has 0 radical (unpaired) electrons. The van der Waals surface area contributed by atoms with Crippen molar-refractivity contribution in [3.8, 4) is 28.7 Å². The summed E-state index contributed by atoms with van der Waals surface area (Å²) in [6.45, 7) is 0. The van der Waals surface area contributed by atoms with Gasteiger partial charge in [0.2, 0.25) is 0 Å². The van der Waals surface area contributed by atoms with Crippen LogP contribution in [0.5, 0.6) is 11.5 Å². The summed E-state index contributed by atoms with van der Waals surface area (Å²) in [5.41, 5.74) is 2.21. The number of hydrogen-bond donors (Lipinski definition) is 0. The molecule has 0 saturated heterocycles. The van der Waals surface area contributed by atoms with Crippen LogP contribution in [0.3, 0.4) is 0 Å². The molecule has 4 heteroatoms. The second kappa shape index (κ2) is 5.19. The maximum atomic E-state index is 9.07. The molecule has 0 amide bonds. The van der Waals surface area contributed by atoms with Crippen molar-refractivity contribution in [1.29, 1.82) is 5.26 Å². The van der Waals surface area contributed by atoms with Crippen LogP contribution in [0.2, 0.25) is 0 Å². The number of aromatic nitrogens is 1. The van der Waals surface area contributed by atoms with E-state index in [9.17, 15) is 0 Å². The molecule has 2 aromatic rings. The van der Waals surface area contributed by atoms with Crippen molar-refractivity contribution in [3.63, 3.8) is 0 Å². The highest BCUT2D eigenvalue weighted by Crippen LogP contribution is 2.31. The lowest BCUT2D eigenvalue weighted by molar-refractivity contribution is 0.413. The number of nitrogens with zero attached hydrogens (tertiary/aromatic N) is 2. The lowest BCUT2D eigenvalue weighted by atomic mass is 10.0. The summed E-state index contributed by atoms with van der Waals surface area (Å²) >= 11 is 0. The molecule has 2 rings (SSSR count). The predicted molar refractivity (Wildman–Crippen MR) is 67.5 cm³/mol. The minimum atomic E-state index is 0.487. The summed E-state index contributed by atoms with van der Waals surface area (Å²) in [6.07, 6.45) is 3.37. The van der Waals surface area contributed by atoms with Crippen molar-refractivity contribution < 1.29 is 9.47 Å². The molecule has 4 nitrogen and oxygen atoms in total. The highest BCUT2D eigenvalue weighted by molar-refractivity contribution is 5.71. The Bertz CT molecular complexity index is 603. The molecule has 0 unspecified atom stereocenters. The van der Waals surface area contributed by atoms with Gasteiger partial charge in [-0.1, -0.05) is 6.07 Å². The number of hydrogen-bond acceptors (Lipinski definition) is 4. The number of benzene rings is 1. The van der Waals surface area contributed by atoms with Gasteiger partial charge in [-0.15, -0.1) is 0 Å². The van der Waals surface area contributed by atoms with E-state index in [1.165, 1.54) is 0 Å². The Hall–Kier alpha value is -2.54. The van der Waals surface area contributed by atoms with Crippen LogP contribution in [0.1, 0.15) is 5.56 Å². The first-order chi connectivity index (χ1) is 8.80. The van der Waals surface area contributed by atoms with Gasteiger partial charge >= 0.3 is 0 Å². The van der Waals surface area contributed by atoms with Crippen molar-refractivity contribution >= 4 is 0 Å². The molecule has 0 aliphatic carbocycles. The Kier molecular flexibility index (Phi) is 3.44. The monoisotopic (exact) mass is 240 g/mol. The molecule has 0 atom stereocenters. The largest absolute Gasteiger partial charge is 0.496 e. The number of pyridine rings is 1. The maximum Gasteiger partial charge on any atom is 0.136 e. The van der Waals surface area contributed by atoms with Crippen molar-refractivity contribution in [3.05, 3.63) is 42.2 Å². The third-order valence-corrected chi connectivity index (χ3v) is 2.63. The minimum Gasteiger partial charge on any atom is -0.496 e. The number of methoxy groups -OCH3 is 2. The van der Waals surface area contributed by atoms with Crippen LogP contribution < -0.4 is 9.47 Å². The minimum absolute atomic E-state index is 0.487. The Morgan fingerprint density at radius 1 is 1.11 bits per heavy atom. The van der Waals surface area contributed by atoms with Gasteiger partial charge in [0.05, 0.1) is 19.8 Å². The third kappa shape index (κ3) is 2.11. The van der Waals surface area contributed by atoms with E-state index in [4.69, 9.17) is 14.7 Å². The molecule has 90 valence electrons. The molecule has 0 aliphatic rings. The molecule has 0 fully saturated rings. The zero-order chi connectivity index (χ0) is 13.0. The Morgan fingerprint density at radius 2 is 1.89 bits per heavy atom. The van der Waals surface area contributed by atoms with E-state index in [-0.39, 0.29) is 0 Å². The highest BCUT2D eigenvalue weighted by Gasteiger charge is 2.09. The van der Waals surface area contributed by atoms with E-state index >= 15 is 0 Å². The lowest BCUT2D eigenvalue weighted by Gasteiger charge is -2.09. The number of rotatable bonds is 3. The molecule has 1 heterocycles. The summed E-state index contributed by atoms with van der Waals surface area (Å²) in [4.78, 5) is 4.07. The second-order valence-electron chi connectivity index (χ2n) is 3.60. The van der Waals surface area contributed by atoms with Crippen LogP contribution >= 0.6 is 0 Å². The van der Waals surface area contributed by atoms with Crippen LogP contribution in [0.25, 0.3) is 11.1 Å². The topological polar surface area (TPSA) is 55.1 Å². The first kappa shape index (κ1) is 11.9. The van der Waals surface area contributed by atoms with E-state index in [2.05, 4.69) is 11.1 Å². The fourth-order valence-corrected chi connectivity index (χ4v) is 1.74. The summed E-state index contributed by atoms with van der Waals surface area (Å²) < 4.78 is 10.4. The van der Waals surface area contributed by atoms with Gasteiger partial charge in [-0.2, -0.15) is 5.26 Å². The summed E-state index contributed by atoms with van der Waals surface area (Å²) in [5.74, 6) is 1.28. The van der Waals surface area contributed by atoms with Gasteiger partial charge < -0.3 is 9.47 Å². The van der Waals surface area contributed by atoms with Gasteiger partial charge in [-0.05, 0) is 23.8 Å². The normalized spacial score (nSPS) is 9.61. The van der Waals surface area contributed by atoms with Gasteiger partial charge in [0.1, 0.15) is 17.6 Å². The standard InChI is InChI=1S/C14H12N2O2/c1-17-13-4-3-10(7-11(13)8-15)12-9-16-6-5-14(12)18-2/h3-7,9H,1-2H3. The zero-order valence-corrected chi connectivity index (χ0v) is 10.2. The fourth-order valence-electron chi connectivity index (χ4n) is 1.74. The average Bonchev–Trinajstić information content (AvgIpc) is 2.46. The zero-order valence-electron chi connectivity index (χ0n) is 10.2. The van der Waals surface area contributed by atoms with E-state index in [1.807, 2.05) is 6.07 Å². The fraction of sp³-hybridized carbons (Fsp3) is 0.143. The van der Waals surface area contributed by atoms with Crippen molar-refractivity contribution in [1.82, 2.24) is 4.98 Å². The van der Waals surface area contributed by atoms with Crippen LogP contribution in [0.15, 0.2) is 36.7 Å². The van der Waals surface area contributed by atoms with Gasteiger partial charge in [-0.3, -0.25) is 4.98 Å². The first-order valence-corrected chi connectivity index (χ1v) is 5.36. The molecule has 0 bridgehead atoms. The summed E-state index contributed by atoms with van der Waals surface area (Å²) in [6, 6.07) is 9.29. The van der Waals surface area contributed by atoms with E-state index < -0.39 is 0 Å². The average molecular weight is 240 g/mol. The quantitative estimate of drug-likeness (QED) is 0.827. The Morgan fingerprint density at radius 3 is 2.56 bits per heavy atom. The maximum absolute atomic E-state index is 9.07. The molecule has 0 aliphatic heterocycles. The van der Waals surface area contributed by atoms with E-state index in [0.717, 1.165) is 16.9 Å². The molecule has 1 aromatic heterocycles. The lowest BCUT2D eigenvalue weighted by Crippen LogP contribution is -1.91. The van der Waals surface area contributed by atoms with Crippen molar-refractivity contribution in [2.24, 2.45) is 0 Å². The molecular formula is C14H12N2O2. The molecule has 18 heavy (non-hydrogen) atoms. The smallest absolute Gasteiger partial charge is 0.136 e. The predicted octanol–water partition coefficient (Wildman–Crippen LogP) is 2.64. The molecule has 0 saturated carbocycles. The van der Waals surface area contributed by atoms with Crippen molar-refractivity contribution in [2.45, 2.75) is 0 Å². The third-order valence-electron chi connectivity index (χ3n) is 2.63. The van der Waals surface area contributed by atoms with E-state index in [0.29, 0.717) is 11.3 Å². The van der Waals surface area contributed by atoms with E-state index in [1.54, 1.807) is 44.8 Å². The van der Waals surface area contributed by atoms with Gasteiger partial charge in [0.25, 0.3) is 0 Å². The van der Waals surface area contributed by atoms with Gasteiger partial charge in [0.15, 0.2) is 0 Å². The molecule has 0 N–H and O–H groups in total. The Balaban J connectivity index is 2.55. The van der Waals surface area contributed by atoms with Gasteiger partial charge in [0, 0.05) is 18.0 Å². The summed E-state index contributed by atoms with van der Waals surface area (Å²) in [7, 11) is 3.15. The van der Waals surface area contributed by atoms with Gasteiger partial charge in [-0.25, -0.2) is 0 Å². The summed E-state index contributed by atoms with van der Waals surface area (Å²) in [5, 5.41) is 9.07. The van der Waals surface area contributed by atoms with Crippen LogP contribution in [0.4, 0.5) is 0 Å². The van der Waals surface area contributed by atoms with Crippen LogP contribution in [-0.4, -0.2) is 19.2 Å². The highest BCUT2D eigenvalue weighted by atomic mass is 16.5. The molecular weight excluding hydrogens is 228 g/mol. The van der Waals surface area contributed by atoms with Crippen LogP contribution in [-0.2, 0) is 0 Å². The van der Waals surface area contributed by atoms with Crippen LogP contribution in [0, 0.1) is 11.3 Å². The number of ether oxygens (including phenoxy) is 2. The Labute approximate surface area is 105 Å². The van der Waals surface area contributed by atoms with Crippen molar-refractivity contribution in [2.75, 3.05) is 14.2 Å². The first-order valence-electron chi connectivity index (χ1n) is 5.36. The molecule has 0 spiro atoms. The number of nitriles is 1.